The summed E-state index contributed by atoms with van der Waals surface area (Å²) in [5, 5.41) is 4.01. The van der Waals surface area contributed by atoms with Crippen LogP contribution in [0.5, 0.6) is 0 Å². The standard InChI is InChI=1S/C16H18N2O2/c1-11-8-9-14-13(10-11)15(17-20-14)16(19)18(2)12-6-4-3-5-7-12/h3-7,11H,8-10H2,1-2H3. The van der Waals surface area contributed by atoms with E-state index in [1.165, 1.54) is 0 Å². The number of rotatable bonds is 2. The lowest BCUT2D eigenvalue weighted by Gasteiger charge is -2.19. The maximum absolute atomic E-state index is 12.6. The summed E-state index contributed by atoms with van der Waals surface area (Å²) in [6, 6.07) is 9.58. The minimum Gasteiger partial charge on any atom is -0.360 e. The van der Waals surface area contributed by atoms with Crippen LogP contribution in [0.3, 0.4) is 0 Å². The van der Waals surface area contributed by atoms with Crippen molar-refractivity contribution >= 4 is 11.6 Å². The molecule has 1 atom stereocenters. The summed E-state index contributed by atoms with van der Waals surface area (Å²) >= 11 is 0. The molecule has 0 spiro atoms. The molecule has 1 aliphatic rings. The third kappa shape index (κ3) is 2.22. The number of carbonyl (C=O) groups is 1. The quantitative estimate of drug-likeness (QED) is 0.842. The average molecular weight is 270 g/mol. The fourth-order valence-electron chi connectivity index (χ4n) is 2.67. The smallest absolute Gasteiger partial charge is 0.280 e. The van der Waals surface area contributed by atoms with E-state index in [1.807, 2.05) is 30.3 Å². The number of benzene rings is 1. The van der Waals surface area contributed by atoms with Crippen LogP contribution in [0, 0.1) is 5.92 Å². The molecule has 1 aliphatic carbocycles. The van der Waals surface area contributed by atoms with E-state index in [0.29, 0.717) is 11.6 Å². The number of anilines is 1. The molecule has 1 aromatic carbocycles. The summed E-state index contributed by atoms with van der Waals surface area (Å²) in [7, 11) is 1.77. The van der Waals surface area contributed by atoms with Crippen LogP contribution >= 0.6 is 0 Å². The molecule has 4 nitrogen and oxygen atoms in total. The summed E-state index contributed by atoms with van der Waals surface area (Å²) < 4.78 is 5.35. The minimum absolute atomic E-state index is 0.102. The summed E-state index contributed by atoms with van der Waals surface area (Å²) in [6.45, 7) is 2.20. The molecule has 1 heterocycles. The first-order valence-corrected chi connectivity index (χ1v) is 6.97. The van der Waals surface area contributed by atoms with Crippen LogP contribution in [0.15, 0.2) is 34.9 Å². The van der Waals surface area contributed by atoms with Crippen molar-refractivity contribution in [2.45, 2.75) is 26.2 Å². The van der Waals surface area contributed by atoms with Gasteiger partial charge in [-0.3, -0.25) is 4.79 Å². The van der Waals surface area contributed by atoms with Gasteiger partial charge in [-0.05, 0) is 30.9 Å². The summed E-state index contributed by atoms with van der Waals surface area (Å²) in [4.78, 5) is 14.2. The molecule has 104 valence electrons. The molecular weight excluding hydrogens is 252 g/mol. The number of hydrogen-bond acceptors (Lipinski definition) is 3. The highest BCUT2D eigenvalue weighted by Gasteiger charge is 2.28. The van der Waals surface area contributed by atoms with Crippen LogP contribution in [0.25, 0.3) is 0 Å². The second-order valence-electron chi connectivity index (χ2n) is 5.48. The van der Waals surface area contributed by atoms with E-state index in [0.717, 1.165) is 36.3 Å². The van der Waals surface area contributed by atoms with Crippen LogP contribution < -0.4 is 4.90 Å². The fraction of sp³-hybridized carbons (Fsp3) is 0.375. The largest absolute Gasteiger partial charge is 0.360 e. The Labute approximate surface area is 118 Å². The lowest BCUT2D eigenvalue weighted by molar-refractivity contribution is 0.0983. The van der Waals surface area contributed by atoms with E-state index < -0.39 is 0 Å². The molecule has 0 fully saturated rings. The molecule has 0 saturated heterocycles. The van der Waals surface area contributed by atoms with Crippen LogP contribution in [-0.4, -0.2) is 18.1 Å². The highest BCUT2D eigenvalue weighted by molar-refractivity contribution is 6.05. The van der Waals surface area contributed by atoms with Gasteiger partial charge in [-0.25, -0.2) is 0 Å². The highest BCUT2D eigenvalue weighted by atomic mass is 16.5. The number of aromatic nitrogens is 1. The van der Waals surface area contributed by atoms with E-state index in [9.17, 15) is 4.79 Å². The average Bonchev–Trinajstić information content (AvgIpc) is 2.89. The first-order valence-electron chi connectivity index (χ1n) is 6.97. The number of hydrogen-bond donors (Lipinski definition) is 0. The molecular formula is C16H18N2O2. The van der Waals surface area contributed by atoms with Gasteiger partial charge in [0.1, 0.15) is 5.76 Å². The number of carbonyl (C=O) groups excluding carboxylic acids is 1. The Morgan fingerprint density at radius 3 is 2.85 bits per heavy atom. The number of fused-ring (bicyclic) bond motifs is 1. The highest BCUT2D eigenvalue weighted by Crippen LogP contribution is 2.29. The Morgan fingerprint density at radius 2 is 2.10 bits per heavy atom. The van der Waals surface area contributed by atoms with E-state index >= 15 is 0 Å². The van der Waals surface area contributed by atoms with Gasteiger partial charge in [-0.1, -0.05) is 30.3 Å². The second-order valence-corrected chi connectivity index (χ2v) is 5.48. The van der Waals surface area contributed by atoms with Crippen molar-refractivity contribution in [3.05, 3.63) is 47.3 Å². The Morgan fingerprint density at radius 1 is 1.35 bits per heavy atom. The van der Waals surface area contributed by atoms with Gasteiger partial charge in [0, 0.05) is 24.7 Å². The fourth-order valence-corrected chi connectivity index (χ4v) is 2.67. The molecule has 1 amide bonds. The van der Waals surface area contributed by atoms with Gasteiger partial charge in [0.2, 0.25) is 0 Å². The zero-order valence-electron chi connectivity index (χ0n) is 11.8. The van der Waals surface area contributed by atoms with Crippen molar-refractivity contribution in [1.82, 2.24) is 5.16 Å². The molecule has 3 rings (SSSR count). The van der Waals surface area contributed by atoms with Crippen LogP contribution in [-0.2, 0) is 12.8 Å². The van der Waals surface area contributed by atoms with Gasteiger partial charge in [-0.15, -0.1) is 0 Å². The van der Waals surface area contributed by atoms with Gasteiger partial charge in [0.15, 0.2) is 5.69 Å². The predicted molar refractivity (Wildman–Crippen MR) is 76.9 cm³/mol. The number of para-hydroxylation sites is 1. The topological polar surface area (TPSA) is 46.3 Å². The van der Waals surface area contributed by atoms with Crippen molar-refractivity contribution in [1.29, 1.82) is 0 Å². The molecule has 20 heavy (non-hydrogen) atoms. The van der Waals surface area contributed by atoms with E-state index in [-0.39, 0.29) is 5.91 Å². The Bertz CT molecular complexity index is 619. The number of aryl methyl sites for hydroxylation is 1. The van der Waals surface area contributed by atoms with Crippen molar-refractivity contribution < 1.29 is 9.32 Å². The lowest BCUT2D eigenvalue weighted by Crippen LogP contribution is -2.28. The number of nitrogens with zero attached hydrogens (tertiary/aromatic N) is 2. The van der Waals surface area contributed by atoms with Crippen molar-refractivity contribution in [3.8, 4) is 0 Å². The van der Waals surface area contributed by atoms with Gasteiger partial charge in [0.25, 0.3) is 5.91 Å². The van der Waals surface area contributed by atoms with Gasteiger partial charge in [0.05, 0.1) is 0 Å². The third-order valence-corrected chi connectivity index (χ3v) is 3.94. The minimum atomic E-state index is -0.102. The third-order valence-electron chi connectivity index (χ3n) is 3.94. The molecule has 1 unspecified atom stereocenters. The summed E-state index contributed by atoms with van der Waals surface area (Å²) in [5.74, 6) is 1.36. The molecule has 4 heteroatoms. The van der Waals surface area contributed by atoms with E-state index in [1.54, 1.807) is 11.9 Å². The molecule has 0 aliphatic heterocycles. The van der Waals surface area contributed by atoms with Crippen LogP contribution in [0.2, 0.25) is 0 Å². The maximum atomic E-state index is 12.6. The van der Waals surface area contributed by atoms with Crippen LogP contribution in [0.4, 0.5) is 5.69 Å². The first kappa shape index (κ1) is 12.9. The van der Waals surface area contributed by atoms with Crippen LogP contribution in [0.1, 0.15) is 35.2 Å². The molecule has 0 bridgehead atoms. The van der Waals surface area contributed by atoms with Gasteiger partial charge >= 0.3 is 0 Å². The molecule has 0 N–H and O–H groups in total. The molecule has 0 saturated carbocycles. The summed E-state index contributed by atoms with van der Waals surface area (Å²) in [6.07, 6.45) is 2.86. The first-order chi connectivity index (χ1) is 9.66. The predicted octanol–water partition coefficient (Wildman–Crippen LogP) is 3.08. The zero-order valence-corrected chi connectivity index (χ0v) is 11.8. The van der Waals surface area contributed by atoms with Gasteiger partial charge in [-0.2, -0.15) is 0 Å². The normalized spacial score (nSPS) is 17.6. The number of amides is 1. The van der Waals surface area contributed by atoms with E-state index in [4.69, 9.17) is 4.52 Å². The Balaban J connectivity index is 1.90. The van der Waals surface area contributed by atoms with Crippen molar-refractivity contribution in [2.75, 3.05) is 11.9 Å². The molecule has 1 aromatic heterocycles. The van der Waals surface area contributed by atoms with Gasteiger partial charge < -0.3 is 9.42 Å². The Hall–Kier alpha value is -2.10. The zero-order chi connectivity index (χ0) is 14.1. The lowest BCUT2D eigenvalue weighted by atomic mass is 9.88. The second kappa shape index (κ2) is 5.12. The van der Waals surface area contributed by atoms with Crippen molar-refractivity contribution in [2.24, 2.45) is 5.92 Å². The van der Waals surface area contributed by atoms with Crippen molar-refractivity contribution in [3.63, 3.8) is 0 Å². The van der Waals surface area contributed by atoms with E-state index in [2.05, 4.69) is 12.1 Å². The monoisotopic (exact) mass is 270 g/mol. The molecule has 2 aromatic rings. The maximum Gasteiger partial charge on any atom is 0.280 e. The SMILES string of the molecule is CC1CCc2onc(C(=O)N(C)c3ccccc3)c2C1. The molecule has 0 radical (unpaired) electrons. The Kier molecular flexibility index (Phi) is 3.30. The summed E-state index contributed by atoms with van der Waals surface area (Å²) in [5.41, 5.74) is 2.33.